The highest BCUT2D eigenvalue weighted by Gasteiger charge is 2.20. The molecule has 1 aromatic carbocycles. The lowest BCUT2D eigenvalue weighted by molar-refractivity contribution is 0.228. The zero-order chi connectivity index (χ0) is 23.3. The number of ether oxygens (including phenoxy) is 1. The summed E-state index contributed by atoms with van der Waals surface area (Å²) in [6.07, 6.45) is 19.6. The number of nitrogens with zero attached hydrogens (tertiary/aromatic N) is 1. The summed E-state index contributed by atoms with van der Waals surface area (Å²) in [6.45, 7) is 7.73. The van der Waals surface area contributed by atoms with E-state index in [-0.39, 0.29) is 0 Å². The highest BCUT2D eigenvalue weighted by molar-refractivity contribution is 5.60. The van der Waals surface area contributed by atoms with Gasteiger partial charge in [-0.3, -0.25) is 4.98 Å². The monoisotopic (exact) mass is 449 g/mol. The van der Waals surface area contributed by atoms with Gasteiger partial charge >= 0.3 is 0 Å². The van der Waals surface area contributed by atoms with Crippen molar-refractivity contribution in [2.75, 3.05) is 6.61 Å². The number of benzene rings is 1. The van der Waals surface area contributed by atoms with Crippen LogP contribution in [0.5, 0.6) is 5.75 Å². The Hall–Kier alpha value is -1.83. The molecular formula is C31H47NO. The van der Waals surface area contributed by atoms with Crippen LogP contribution >= 0.6 is 0 Å². The molecule has 1 saturated carbocycles. The van der Waals surface area contributed by atoms with E-state index in [9.17, 15) is 0 Å². The smallest absolute Gasteiger partial charge is 0.119 e. The summed E-state index contributed by atoms with van der Waals surface area (Å²) < 4.78 is 6.04. The molecule has 182 valence electrons. The maximum atomic E-state index is 6.04. The van der Waals surface area contributed by atoms with Crippen LogP contribution in [0.2, 0.25) is 0 Å². The van der Waals surface area contributed by atoms with E-state index in [1.54, 1.807) is 0 Å². The van der Waals surface area contributed by atoms with Crippen molar-refractivity contribution in [2.45, 2.75) is 104 Å². The van der Waals surface area contributed by atoms with Crippen LogP contribution in [0.15, 0.2) is 42.6 Å². The van der Waals surface area contributed by atoms with E-state index in [0.717, 1.165) is 47.8 Å². The van der Waals surface area contributed by atoms with Crippen molar-refractivity contribution in [2.24, 2.45) is 17.8 Å². The molecule has 0 spiro atoms. The highest BCUT2D eigenvalue weighted by Crippen LogP contribution is 2.34. The minimum atomic E-state index is 0.785. The Balaban J connectivity index is 1.33. The molecule has 1 heterocycles. The van der Waals surface area contributed by atoms with E-state index in [1.165, 1.54) is 82.6 Å². The Morgan fingerprint density at radius 2 is 1.58 bits per heavy atom. The summed E-state index contributed by atoms with van der Waals surface area (Å²) in [4.78, 5) is 4.69. The van der Waals surface area contributed by atoms with E-state index in [4.69, 9.17) is 9.72 Å². The lowest BCUT2D eigenvalue weighted by atomic mass is 9.78. The van der Waals surface area contributed by atoms with Crippen molar-refractivity contribution < 1.29 is 4.74 Å². The minimum Gasteiger partial charge on any atom is -0.494 e. The SMILES string of the molecule is CCCCCC1CCC(CCCOc2ccc(-c3ccc(CC[C@@H](C)CC)cn3)cc2)CC1. The van der Waals surface area contributed by atoms with Crippen LogP contribution in [0.25, 0.3) is 11.3 Å². The normalized spacial score (nSPS) is 19.4. The van der Waals surface area contributed by atoms with Gasteiger partial charge in [-0.15, -0.1) is 0 Å². The second-order valence-corrected chi connectivity index (χ2v) is 10.5. The molecule has 1 aliphatic carbocycles. The molecule has 0 bridgehead atoms. The van der Waals surface area contributed by atoms with Gasteiger partial charge in [0, 0.05) is 11.8 Å². The number of aromatic nitrogens is 1. The first-order chi connectivity index (χ1) is 16.2. The molecular weight excluding hydrogens is 402 g/mol. The fourth-order valence-electron chi connectivity index (χ4n) is 5.14. The predicted molar refractivity (Wildman–Crippen MR) is 142 cm³/mol. The standard InChI is InChI=1S/C31H47NO/c1-4-6-7-9-26-13-15-27(16-14-26)10-8-23-33-30-20-18-29(19-21-30)31-22-17-28(24-32-31)12-11-25(3)5-2/h17-22,24-27H,4-16,23H2,1-3H3/t25-,26?,27?/m0/s1. The maximum Gasteiger partial charge on any atom is 0.119 e. The van der Waals surface area contributed by atoms with Crippen molar-refractivity contribution >= 4 is 0 Å². The second-order valence-electron chi connectivity index (χ2n) is 10.5. The van der Waals surface area contributed by atoms with Crippen LogP contribution < -0.4 is 4.74 Å². The van der Waals surface area contributed by atoms with Crippen LogP contribution in [0, 0.1) is 17.8 Å². The van der Waals surface area contributed by atoms with Gasteiger partial charge in [-0.25, -0.2) is 0 Å². The van der Waals surface area contributed by atoms with E-state index < -0.39 is 0 Å². The summed E-state index contributed by atoms with van der Waals surface area (Å²) in [6, 6.07) is 12.8. The molecule has 1 aliphatic rings. The fraction of sp³-hybridized carbons (Fsp3) is 0.645. The lowest BCUT2D eigenvalue weighted by Crippen LogP contribution is -2.15. The van der Waals surface area contributed by atoms with Gasteiger partial charge in [-0.05, 0) is 79.3 Å². The third-order valence-electron chi connectivity index (χ3n) is 7.81. The molecule has 0 N–H and O–H groups in total. The van der Waals surface area contributed by atoms with Crippen molar-refractivity contribution in [3.63, 3.8) is 0 Å². The molecule has 0 radical (unpaired) electrons. The molecule has 0 unspecified atom stereocenters. The number of pyridine rings is 1. The predicted octanol–water partition coefficient (Wildman–Crippen LogP) is 9.27. The third-order valence-corrected chi connectivity index (χ3v) is 7.81. The van der Waals surface area contributed by atoms with Crippen molar-refractivity contribution in [1.82, 2.24) is 4.98 Å². The van der Waals surface area contributed by atoms with E-state index >= 15 is 0 Å². The molecule has 0 amide bonds. The number of unbranched alkanes of at least 4 members (excludes halogenated alkanes) is 2. The summed E-state index contributed by atoms with van der Waals surface area (Å²) in [5, 5.41) is 0. The van der Waals surface area contributed by atoms with Gasteiger partial charge in [-0.1, -0.05) is 84.6 Å². The van der Waals surface area contributed by atoms with Gasteiger partial charge in [-0.2, -0.15) is 0 Å². The Morgan fingerprint density at radius 3 is 2.18 bits per heavy atom. The summed E-state index contributed by atoms with van der Waals surface area (Å²) in [5.74, 6) is 3.70. The van der Waals surface area contributed by atoms with Crippen LogP contribution in [0.3, 0.4) is 0 Å². The number of hydrogen-bond donors (Lipinski definition) is 0. The molecule has 33 heavy (non-hydrogen) atoms. The molecule has 2 nitrogen and oxygen atoms in total. The zero-order valence-electron chi connectivity index (χ0n) is 21.5. The molecule has 1 atom stereocenters. The molecule has 2 aromatic rings. The van der Waals surface area contributed by atoms with E-state index in [0.29, 0.717) is 0 Å². The Morgan fingerprint density at radius 1 is 0.879 bits per heavy atom. The first-order valence-corrected chi connectivity index (χ1v) is 13.9. The largest absolute Gasteiger partial charge is 0.494 e. The molecule has 3 rings (SSSR count). The number of hydrogen-bond acceptors (Lipinski definition) is 2. The number of aryl methyl sites for hydroxylation is 1. The Kier molecular flexibility index (Phi) is 11.3. The van der Waals surface area contributed by atoms with Crippen LogP contribution in [0.4, 0.5) is 0 Å². The van der Waals surface area contributed by atoms with Gasteiger partial charge in [0.2, 0.25) is 0 Å². The average Bonchev–Trinajstić information content (AvgIpc) is 2.87. The van der Waals surface area contributed by atoms with Crippen molar-refractivity contribution in [3.8, 4) is 17.0 Å². The van der Waals surface area contributed by atoms with Gasteiger partial charge in [0.1, 0.15) is 5.75 Å². The molecule has 2 heteroatoms. The summed E-state index contributed by atoms with van der Waals surface area (Å²) in [7, 11) is 0. The Bertz CT molecular complexity index is 759. The van der Waals surface area contributed by atoms with Crippen LogP contribution in [-0.2, 0) is 6.42 Å². The molecule has 1 fully saturated rings. The van der Waals surface area contributed by atoms with Gasteiger partial charge < -0.3 is 4.74 Å². The van der Waals surface area contributed by atoms with Crippen LogP contribution in [0.1, 0.15) is 103 Å². The summed E-state index contributed by atoms with van der Waals surface area (Å²) in [5.41, 5.74) is 3.54. The topological polar surface area (TPSA) is 22.1 Å². The van der Waals surface area contributed by atoms with Crippen LogP contribution in [-0.4, -0.2) is 11.6 Å². The fourth-order valence-corrected chi connectivity index (χ4v) is 5.14. The van der Waals surface area contributed by atoms with Crippen molar-refractivity contribution in [1.29, 1.82) is 0 Å². The quantitative estimate of drug-likeness (QED) is 0.268. The first-order valence-electron chi connectivity index (χ1n) is 13.9. The van der Waals surface area contributed by atoms with Gasteiger partial charge in [0.15, 0.2) is 0 Å². The zero-order valence-corrected chi connectivity index (χ0v) is 21.5. The maximum absolute atomic E-state index is 6.04. The van der Waals surface area contributed by atoms with E-state index in [1.807, 2.05) is 6.20 Å². The lowest BCUT2D eigenvalue weighted by Gasteiger charge is -2.28. The molecule has 0 saturated heterocycles. The first kappa shape index (κ1) is 25.8. The second kappa shape index (κ2) is 14.4. The van der Waals surface area contributed by atoms with Gasteiger partial charge in [0.25, 0.3) is 0 Å². The summed E-state index contributed by atoms with van der Waals surface area (Å²) >= 11 is 0. The van der Waals surface area contributed by atoms with E-state index in [2.05, 4.69) is 57.2 Å². The van der Waals surface area contributed by atoms with Gasteiger partial charge in [0.05, 0.1) is 12.3 Å². The third kappa shape index (κ3) is 9.14. The Labute approximate surface area is 203 Å². The average molecular weight is 450 g/mol. The molecule has 1 aromatic heterocycles. The number of rotatable bonds is 14. The highest BCUT2D eigenvalue weighted by atomic mass is 16.5. The molecule has 0 aliphatic heterocycles. The minimum absolute atomic E-state index is 0.785. The van der Waals surface area contributed by atoms with Crippen molar-refractivity contribution in [3.05, 3.63) is 48.2 Å².